The summed E-state index contributed by atoms with van der Waals surface area (Å²) in [6.45, 7) is 5.02. The molecule has 2 aromatic rings. The van der Waals surface area contributed by atoms with Crippen LogP contribution in [0, 0.1) is 0 Å². The van der Waals surface area contributed by atoms with Crippen LogP contribution < -0.4 is 10.1 Å². The van der Waals surface area contributed by atoms with Gasteiger partial charge >= 0.3 is 6.09 Å². The second kappa shape index (κ2) is 8.03. The number of methoxy groups -OCH3 is 1. The second-order valence-electron chi connectivity index (χ2n) is 6.14. The molecule has 25 heavy (non-hydrogen) atoms. The summed E-state index contributed by atoms with van der Waals surface area (Å²) in [4.78, 5) is 13.9. The van der Waals surface area contributed by atoms with Crippen molar-refractivity contribution in [1.82, 2.24) is 4.90 Å². The van der Waals surface area contributed by atoms with Crippen LogP contribution in [-0.2, 0) is 24.2 Å². The van der Waals surface area contributed by atoms with Crippen molar-refractivity contribution in [2.75, 3.05) is 25.6 Å². The molecular formula is C20H24N2O3. The summed E-state index contributed by atoms with van der Waals surface area (Å²) in [5.41, 5.74) is 4.68. The first-order chi connectivity index (χ1) is 12.2. The lowest BCUT2D eigenvalue weighted by Gasteiger charge is -2.14. The maximum atomic E-state index is 11.5. The van der Waals surface area contributed by atoms with E-state index >= 15 is 0 Å². The topological polar surface area (TPSA) is 50.8 Å². The van der Waals surface area contributed by atoms with Crippen molar-refractivity contribution in [3.8, 4) is 5.75 Å². The van der Waals surface area contributed by atoms with Crippen molar-refractivity contribution in [2.45, 2.75) is 26.4 Å². The summed E-state index contributed by atoms with van der Waals surface area (Å²) in [6.07, 6.45) is 0.600. The van der Waals surface area contributed by atoms with Gasteiger partial charge in [0.25, 0.3) is 0 Å². The molecule has 1 heterocycles. The molecule has 132 valence electrons. The first kappa shape index (κ1) is 17.3. The fourth-order valence-electron chi connectivity index (χ4n) is 3.07. The summed E-state index contributed by atoms with van der Waals surface area (Å²) >= 11 is 0. The number of benzene rings is 2. The SMILES string of the molecule is CCOC(=O)Nc1ccc2c(c1)CN(CCc1ccc(OC)cc1)C2. The maximum absolute atomic E-state index is 11.5. The molecule has 1 aliphatic heterocycles. The molecule has 0 radical (unpaired) electrons. The minimum atomic E-state index is -0.406. The number of hydrogen-bond acceptors (Lipinski definition) is 4. The van der Waals surface area contributed by atoms with Gasteiger partial charge in [0.05, 0.1) is 13.7 Å². The van der Waals surface area contributed by atoms with Crippen LogP contribution in [0.2, 0.25) is 0 Å². The second-order valence-corrected chi connectivity index (χ2v) is 6.14. The van der Waals surface area contributed by atoms with Crippen molar-refractivity contribution in [3.05, 3.63) is 59.2 Å². The number of carbonyl (C=O) groups is 1. The summed E-state index contributed by atoms with van der Waals surface area (Å²) in [5, 5.41) is 2.76. The van der Waals surface area contributed by atoms with Crippen LogP contribution in [0.3, 0.4) is 0 Å². The molecule has 0 bridgehead atoms. The lowest BCUT2D eigenvalue weighted by atomic mass is 10.1. The van der Waals surface area contributed by atoms with Crippen LogP contribution in [0.25, 0.3) is 0 Å². The van der Waals surface area contributed by atoms with E-state index in [1.807, 2.05) is 24.3 Å². The Hall–Kier alpha value is -2.53. The molecule has 0 spiro atoms. The molecule has 3 rings (SSSR count). The Labute approximate surface area is 148 Å². The van der Waals surface area contributed by atoms with E-state index in [-0.39, 0.29) is 0 Å². The van der Waals surface area contributed by atoms with Crippen molar-refractivity contribution < 1.29 is 14.3 Å². The lowest BCUT2D eigenvalue weighted by Crippen LogP contribution is -2.19. The molecule has 0 saturated carbocycles. The van der Waals surface area contributed by atoms with Gasteiger partial charge in [-0.15, -0.1) is 0 Å². The lowest BCUT2D eigenvalue weighted by molar-refractivity contribution is 0.168. The van der Waals surface area contributed by atoms with Gasteiger partial charge in [-0.2, -0.15) is 0 Å². The smallest absolute Gasteiger partial charge is 0.411 e. The van der Waals surface area contributed by atoms with Crippen LogP contribution in [-0.4, -0.2) is 31.3 Å². The van der Waals surface area contributed by atoms with E-state index in [0.717, 1.165) is 37.5 Å². The minimum absolute atomic E-state index is 0.371. The van der Waals surface area contributed by atoms with Gasteiger partial charge in [0.15, 0.2) is 0 Å². The number of carbonyl (C=O) groups excluding carboxylic acids is 1. The van der Waals surface area contributed by atoms with E-state index in [2.05, 4.69) is 28.4 Å². The Kier molecular flexibility index (Phi) is 5.56. The van der Waals surface area contributed by atoms with E-state index in [0.29, 0.717) is 6.61 Å². The molecule has 2 aromatic carbocycles. The first-order valence-electron chi connectivity index (χ1n) is 8.59. The first-order valence-corrected chi connectivity index (χ1v) is 8.59. The van der Waals surface area contributed by atoms with Crippen LogP contribution >= 0.6 is 0 Å². The highest BCUT2D eigenvalue weighted by Crippen LogP contribution is 2.26. The highest BCUT2D eigenvalue weighted by atomic mass is 16.5. The Morgan fingerprint density at radius 1 is 1.12 bits per heavy atom. The molecule has 0 aromatic heterocycles. The summed E-state index contributed by atoms with van der Waals surface area (Å²) in [7, 11) is 1.68. The fourth-order valence-corrected chi connectivity index (χ4v) is 3.07. The summed E-state index contributed by atoms with van der Waals surface area (Å²) in [5.74, 6) is 0.888. The molecule has 5 heteroatoms. The van der Waals surface area contributed by atoms with E-state index in [1.165, 1.54) is 16.7 Å². The van der Waals surface area contributed by atoms with Crippen molar-refractivity contribution >= 4 is 11.8 Å². The number of rotatable bonds is 6. The zero-order valence-corrected chi connectivity index (χ0v) is 14.7. The summed E-state index contributed by atoms with van der Waals surface area (Å²) < 4.78 is 10.1. The molecule has 0 atom stereocenters. The number of amides is 1. The Morgan fingerprint density at radius 2 is 1.88 bits per heavy atom. The number of ether oxygens (including phenoxy) is 2. The zero-order valence-electron chi connectivity index (χ0n) is 14.7. The van der Waals surface area contributed by atoms with E-state index in [9.17, 15) is 4.79 Å². The van der Waals surface area contributed by atoms with Gasteiger partial charge in [-0.25, -0.2) is 4.79 Å². The van der Waals surface area contributed by atoms with Crippen molar-refractivity contribution in [1.29, 1.82) is 0 Å². The average molecular weight is 340 g/mol. The predicted molar refractivity (Wildman–Crippen MR) is 97.9 cm³/mol. The maximum Gasteiger partial charge on any atom is 0.411 e. The van der Waals surface area contributed by atoms with Gasteiger partial charge in [0, 0.05) is 25.3 Å². The molecule has 0 saturated heterocycles. The minimum Gasteiger partial charge on any atom is -0.497 e. The highest BCUT2D eigenvalue weighted by molar-refractivity contribution is 5.84. The molecular weight excluding hydrogens is 316 g/mol. The quantitative estimate of drug-likeness (QED) is 0.868. The largest absolute Gasteiger partial charge is 0.497 e. The van der Waals surface area contributed by atoms with E-state index in [1.54, 1.807) is 14.0 Å². The molecule has 0 aliphatic carbocycles. The van der Waals surface area contributed by atoms with Gasteiger partial charge < -0.3 is 9.47 Å². The van der Waals surface area contributed by atoms with Gasteiger partial charge in [-0.1, -0.05) is 18.2 Å². The number of hydrogen-bond donors (Lipinski definition) is 1. The van der Waals surface area contributed by atoms with E-state index < -0.39 is 6.09 Å². The number of nitrogens with zero attached hydrogens (tertiary/aromatic N) is 1. The fraction of sp³-hybridized carbons (Fsp3) is 0.350. The Bertz CT molecular complexity index is 728. The monoisotopic (exact) mass is 340 g/mol. The number of fused-ring (bicyclic) bond motifs is 1. The Balaban J connectivity index is 1.54. The highest BCUT2D eigenvalue weighted by Gasteiger charge is 2.19. The van der Waals surface area contributed by atoms with Crippen LogP contribution in [0.15, 0.2) is 42.5 Å². The third kappa shape index (κ3) is 4.51. The molecule has 0 unspecified atom stereocenters. The van der Waals surface area contributed by atoms with Gasteiger partial charge in [-0.3, -0.25) is 10.2 Å². The Morgan fingerprint density at radius 3 is 2.60 bits per heavy atom. The molecule has 5 nitrogen and oxygen atoms in total. The third-order valence-corrected chi connectivity index (χ3v) is 4.39. The standard InChI is InChI=1S/C20H24N2O3/c1-3-25-20(23)21-18-7-6-16-13-22(14-17(16)12-18)11-10-15-4-8-19(24-2)9-5-15/h4-9,12H,3,10-11,13-14H2,1-2H3,(H,21,23). The normalized spacial score (nSPS) is 13.4. The number of anilines is 1. The third-order valence-electron chi connectivity index (χ3n) is 4.39. The van der Waals surface area contributed by atoms with E-state index in [4.69, 9.17) is 9.47 Å². The van der Waals surface area contributed by atoms with Gasteiger partial charge in [0.1, 0.15) is 5.75 Å². The van der Waals surface area contributed by atoms with Gasteiger partial charge in [0.2, 0.25) is 0 Å². The summed E-state index contributed by atoms with van der Waals surface area (Å²) in [6, 6.07) is 14.3. The molecule has 1 amide bonds. The van der Waals surface area contributed by atoms with Crippen LogP contribution in [0.4, 0.5) is 10.5 Å². The van der Waals surface area contributed by atoms with Crippen molar-refractivity contribution in [2.24, 2.45) is 0 Å². The number of nitrogens with one attached hydrogen (secondary N) is 1. The molecule has 1 N–H and O–H groups in total. The average Bonchev–Trinajstić information content (AvgIpc) is 3.03. The molecule has 1 aliphatic rings. The zero-order chi connectivity index (χ0) is 17.6. The van der Waals surface area contributed by atoms with Crippen LogP contribution in [0.5, 0.6) is 5.75 Å². The molecule has 0 fully saturated rings. The predicted octanol–water partition coefficient (Wildman–Crippen LogP) is 3.82. The van der Waals surface area contributed by atoms with Crippen molar-refractivity contribution in [3.63, 3.8) is 0 Å². The van der Waals surface area contributed by atoms with Crippen LogP contribution in [0.1, 0.15) is 23.6 Å². The van der Waals surface area contributed by atoms with Gasteiger partial charge in [-0.05, 0) is 54.3 Å².